The second-order valence-electron chi connectivity index (χ2n) is 17.3. The fraction of sp³-hybridized carbons (Fsp3) is 0.339. The van der Waals surface area contributed by atoms with E-state index in [0.29, 0.717) is 0 Å². The van der Waals surface area contributed by atoms with E-state index in [9.17, 15) is 0 Å². The number of hydrogen-bond donors (Lipinski definition) is 3. The first-order chi connectivity index (χ1) is 32.2. The molecule has 7 heterocycles. The summed E-state index contributed by atoms with van der Waals surface area (Å²) in [5.74, 6) is 1.89. The van der Waals surface area contributed by atoms with Crippen LogP contribution in [0.2, 0.25) is 0 Å². The number of hydrogen-bond acceptors (Lipinski definition) is 9. The van der Waals surface area contributed by atoms with Crippen LogP contribution in [-0.2, 0) is 0 Å². The van der Waals surface area contributed by atoms with Gasteiger partial charge in [0.2, 0.25) is 5.95 Å². The van der Waals surface area contributed by atoms with Gasteiger partial charge in [0.15, 0.2) is 0 Å². The molecule has 0 spiro atoms. The van der Waals surface area contributed by atoms with Crippen molar-refractivity contribution < 1.29 is 0 Å². The molecule has 7 aromatic rings. The number of nitrogens with zero attached hydrogens (tertiary/aromatic N) is 7. The van der Waals surface area contributed by atoms with E-state index in [0.717, 1.165) is 123 Å². The van der Waals surface area contributed by atoms with Crippen LogP contribution in [0, 0.1) is 27.7 Å². The van der Waals surface area contributed by atoms with E-state index < -0.39 is 0 Å². The molecule has 340 valence electrons. The predicted octanol–water partition coefficient (Wildman–Crippen LogP) is 11.4. The highest BCUT2D eigenvalue weighted by Gasteiger charge is 2.21. The van der Waals surface area contributed by atoms with Gasteiger partial charge < -0.3 is 25.4 Å². The van der Waals surface area contributed by atoms with Crippen molar-refractivity contribution in [3.05, 3.63) is 142 Å². The second kappa shape index (κ2) is 21.2. The second-order valence-corrected chi connectivity index (χ2v) is 17.3. The highest BCUT2D eigenvalue weighted by atomic mass is 15.3. The largest absolute Gasteiger partial charge is 0.354 e. The normalized spacial score (nSPS) is 15.0. The van der Waals surface area contributed by atoms with E-state index in [-0.39, 0.29) is 0 Å². The van der Waals surface area contributed by atoms with Crippen LogP contribution in [0.25, 0.3) is 61.6 Å². The monoisotopic (exact) mass is 879 g/mol. The smallest absolute Gasteiger partial charge is 0.225 e. The first kappa shape index (κ1) is 46.1. The molecule has 2 aromatic carbocycles. The Hall–Kier alpha value is -6.49. The number of aryl methyl sites for hydroxylation is 4. The summed E-state index contributed by atoms with van der Waals surface area (Å²) < 4.78 is 0. The molecule has 66 heavy (non-hydrogen) atoms. The Bertz CT molecular complexity index is 2800. The summed E-state index contributed by atoms with van der Waals surface area (Å²) in [5, 5.41) is 8.03. The maximum atomic E-state index is 4.78. The average molecular weight is 879 g/mol. The van der Waals surface area contributed by atoms with E-state index in [1.54, 1.807) is 0 Å². The number of H-pyrrole nitrogens is 1. The van der Waals surface area contributed by atoms with Crippen LogP contribution >= 0.6 is 0 Å². The van der Waals surface area contributed by atoms with Gasteiger partial charge in [-0.25, -0.2) is 15.0 Å². The van der Waals surface area contributed by atoms with Gasteiger partial charge in [-0.2, -0.15) is 0 Å². The Morgan fingerprint density at radius 1 is 0.576 bits per heavy atom. The Kier molecular flexibility index (Phi) is 14.8. The van der Waals surface area contributed by atoms with E-state index in [4.69, 9.17) is 15.0 Å². The average Bonchev–Trinajstić information content (AvgIpc) is 3.60. The summed E-state index contributed by atoms with van der Waals surface area (Å²) in [5.41, 5.74) is 20.6. The van der Waals surface area contributed by atoms with Gasteiger partial charge >= 0.3 is 0 Å². The van der Waals surface area contributed by atoms with E-state index in [2.05, 4.69) is 149 Å². The van der Waals surface area contributed by atoms with Gasteiger partial charge in [-0.05, 0) is 146 Å². The first-order valence-corrected chi connectivity index (χ1v) is 24.0. The van der Waals surface area contributed by atoms with Gasteiger partial charge in [0.05, 0.1) is 5.69 Å². The minimum atomic E-state index is 0.835. The highest BCUT2D eigenvalue weighted by Crippen LogP contribution is 2.41. The molecule has 0 radical (unpaired) electrons. The molecule has 0 saturated carbocycles. The van der Waals surface area contributed by atoms with Gasteiger partial charge in [-0.15, -0.1) is 0 Å². The zero-order valence-electron chi connectivity index (χ0n) is 40.2. The van der Waals surface area contributed by atoms with Gasteiger partial charge in [0.25, 0.3) is 0 Å². The first-order valence-electron chi connectivity index (χ1n) is 24.0. The van der Waals surface area contributed by atoms with Crippen molar-refractivity contribution in [1.29, 1.82) is 0 Å². The van der Waals surface area contributed by atoms with Crippen molar-refractivity contribution in [2.45, 2.75) is 74.7 Å². The van der Waals surface area contributed by atoms with E-state index >= 15 is 0 Å². The minimum Gasteiger partial charge on any atom is -0.354 e. The van der Waals surface area contributed by atoms with Crippen LogP contribution in [0.5, 0.6) is 0 Å². The lowest BCUT2D eigenvalue weighted by atomic mass is 9.89. The fourth-order valence-electron chi connectivity index (χ4n) is 9.46. The maximum absolute atomic E-state index is 4.78. The number of anilines is 2. The minimum absolute atomic E-state index is 0.835. The lowest BCUT2D eigenvalue weighted by molar-refractivity contribution is 0.579. The molecule has 3 N–H and O–H groups in total. The lowest BCUT2D eigenvalue weighted by Gasteiger charge is -2.28. The van der Waals surface area contributed by atoms with Crippen molar-refractivity contribution in [2.24, 2.45) is 0 Å². The molecule has 2 aliphatic heterocycles. The Labute approximate surface area is 391 Å². The Morgan fingerprint density at radius 3 is 1.85 bits per heavy atom. The quantitative estimate of drug-likeness (QED) is 0.137. The molecule has 2 fully saturated rings. The van der Waals surface area contributed by atoms with Crippen molar-refractivity contribution in [3.8, 4) is 33.5 Å². The van der Waals surface area contributed by atoms with Crippen molar-refractivity contribution in [3.63, 3.8) is 0 Å². The van der Waals surface area contributed by atoms with Crippen LogP contribution in [0.3, 0.4) is 0 Å². The number of allylic oxidation sites excluding steroid dienone is 3. The fourth-order valence-corrected chi connectivity index (χ4v) is 9.46. The molecule has 0 unspecified atom stereocenters. The molecule has 0 bridgehead atoms. The summed E-state index contributed by atoms with van der Waals surface area (Å²) in [6.45, 7) is 24.8. The van der Waals surface area contributed by atoms with Gasteiger partial charge in [-0.3, -0.25) is 9.97 Å². The van der Waals surface area contributed by atoms with Crippen LogP contribution in [-0.4, -0.2) is 82.3 Å². The molecular weight excluding hydrogens is 813 g/mol. The van der Waals surface area contributed by atoms with Crippen LogP contribution < -0.4 is 20.4 Å². The topological polar surface area (TPSA) is 111 Å². The predicted molar refractivity (Wildman–Crippen MR) is 277 cm³/mol. The molecule has 10 rings (SSSR count). The number of benzene rings is 2. The van der Waals surface area contributed by atoms with Gasteiger partial charge in [0, 0.05) is 116 Å². The summed E-state index contributed by atoms with van der Waals surface area (Å²) in [6, 6.07) is 26.4. The van der Waals surface area contributed by atoms with E-state index in [1.807, 2.05) is 45.6 Å². The summed E-state index contributed by atoms with van der Waals surface area (Å²) in [6.07, 6.45) is 13.3. The zero-order chi connectivity index (χ0) is 46.2. The number of piperazine rings is 2. The summed E-state index contributed by atoms with van der Waals surface area (Å²) >= 11 is 0. The number of pyridine rings is 3. The number of fused-ring (bicyclic) bond motifs is 2. The molecule has 0 amide bonds. The van der Waals surface area contributed by atoms with Crippen LogP contribution in [0.1, 0.15) is 86.3 Å². The molecule has 3 aliphatic rings. The molecule has 10 heteroatoms. The van der Waals surface area contributed by atoms with Crippen molar-refractivity contribution in [2.75, 3.05) is 62.2 Å². The third-order valence-corrected chi connectivity index (χ3v) is 12.9. The van der Waals surface area contributed by atoms with Crippen LogP contribution in [0.4, 0.5) is 11.8 Å². The molecule has 10 nitrogen and oxygen atoms in total. The summed E-state index contributed by atoms with van der Waals surface area (Å²) in [7, 11) is 0. The zero-order valence-corrected chi connectivity index (χ0v) is 40.2. The third-order valence-electron chi connectivity index (χ3n) is 12.9. The Morgan fingerprint density at radius 2 is 1.20 bits per heavy atom. The molecular formula is C56H66N10. The number of aromatic nitrogens is 6. The number of aromatic amines is 1. The standard InChI is InChI=1S/C30H35N5.C24H25N5.C2H6/c1-5-22-15-25-17-23(24-13-20(3)34-21(4)14-24)7-8-28(25)27(6-2)29(16-22)26-18-32-30(33-19-26)35-11-9-31-10-12-35;1-16-13-19(7-8-26-16)18-3-5-21-17(2)24(28-22(21)14-18)20-4-6-23(27-15-20)29-11-9-25-10-12-29;1-2/h7-8,13-15,17-19,31H,5-6,9-12,16H2,1-4H3;3-8,13-15,25,28H,9-12H2,1-2H3;1-2H3. The molecule has 1 aliphatic carbocycles. The Balaban J connectivity index is 0.000000176. The van der Waals surface area contributed by atoms with Gasteiger partial charge in [0.1, 0.15) is 5.82 Å². The summed E-state index contributed by atoms with van der Waals surface area (Å²) in [4.78, 5) is 31.4. The third kappa shape index (κ3) is 10.3. The van der Waals surface area contributed by atoms with Crippen LogP contribution in [0.15, 0.2) is 103 Å². The number of nitrogens with one attached hydrogen (secondary N) is 3. The van der Waals surface area contributed by atoms with E-state index in [1.165, 1.54) is 61.0 Å². The lowest BCUT2D eigenvalue weighted by Crippen LogP contribution is -2.44. The number of rotatable bonds is 8. The molecule has 2 saturated heterocycles. The van der Waals surface area contributed by atoms with Gasteiger partial charge in [-0.1, -0.05) is 63.6 Å². The van der Waals surface area contributed by atoms with Crippen molar-refractivity contribution >= 4 is 39.9 Å². The molecule has 5 aromatic heterocycles. The SMILES string of the molecule is CC.CCC1=Cc2cc(-c3cc(C)nc(C)c3)ccc2C(CC)=C(c2cnc(N3CCNCC3)nc2)C1.Cc1cc(-c2ccc3c(C)c(-c4ccc(N5CCNCC5)nc4)[nH]c3c2)ccn1. The van der Waals surface area contributed by atoms with Crippen molar-refractivity contribution in [1.82, 2.24) is 40.5 Å². The highest BCUT2D eigenvalue weighted by molar-refractivity contribution is 5.97. The maximum Gasteiger partial charge on any atom is 0.225 e. The molecule has 0 atom stereocenters.